The average Bonchev–Trinajstić information content (AvgIpc) is 2.81. The van der Waals surface area contributed by atoms with Gasteiger partial charge in [0.1, 0.15) is 0 Å². The number of rotatable bonds is 9. The Kier molecular flexibility index (Phi) is 7.26. The highest BCUT2D eigenvalue weighted by atomic mass is 16.5. The van der Waals surface area contributed by atoms with Crippen molar-refractivity contribution in [1.29, 1.82) is 0 Å². The molecule has 0 amide bonds. The van der Waals surface area contributed by atoms with Crippen molar-refractivity contribution >= 4 is 16.6 Å². The van der Waals surface area contributed by atoms with Crippen molar-refractivity contribution in [3.63, 3.8) is 0 Å². The first-order chi connectivity index (χ1) is 15.3. The summed E-state index contributed by atoms with van der Waals surface area (Å²) in [6.45, 7) is 6.01. The molecule has 1 N–H and O–H groups in total. The molecule has 0 radical (unpaired) electrons. The Labute approximate surface area is 185 Å². The standard InChI is InChI=1S/C26H33N3O2/c1-3-4-17-31-26-18-20(9-10-25(26)30-2)19-29-15-12-21(13-16-29)28-24-11-14-27-23-8-6-5-7-22(23)24/h5-11,14,18,21H,3-4,12-13,15-17,19H2,1-2H3,(H,27,28). The summed E-state index contributed by atoms with van der Waals surface area (Å²) in [5.41, 5.74) is 3.51. The van der Waals surface area contributed by atoms with Crippen molar-refractivity contribution in [3.05, 3.63) is 60.3 Å². The molecule has 31 heavy (non-hydrogen) atoms. The molecule has 4 rings (SSSR count). The van der Waals surface area contributed by atoms with Crippen LogP contribution in [0.3, 0.4) is 0 Å². The lowest BCUT2D eigenvalue weighted by molar-refractivity contribution is 0.210. The Balaban J connectivity index is 1.33. The van der Waals surface area contributed by atoms with Crippen molar-refractivity contribution in [2.45, 2.75) is 45.2 Å². The monoisotopic (exact) mass is 419 g/mol. The second kappa shape index (κ2) is 10.5. The second-order valence-electron chi connectivity index (χ2n) is 8.26. The van der Waals surface area contributed by atoms with Crippen LogP contribution in [-0.2, 0) is 6.54 Å². The molecule has 0 saturated carbocycles. The van der Waals surface area contributed by atoms with E-state index in [4.69, 9.17) is 9.47 Å². The topological polar surface area (TPSA) is 46.6 Å². The van der Waals surface area contributed by atoms with E-state index in [9.17, 15) is 0 Å². The molecule has 164 valence electrons. The van der Waals surface area contributed by atoms with E-state index in [1.165, 1.54) is 16.6 Å². The van der Waals surface area contributed by atoms with Gasteiger partial charge in [0.05, 0.1) is 19.2 Å². The van der Waals surface area contributed by atoms with Crippen LogP contribution in [0.2, 0.25) is 0 Å². The van der Waals surface area contributed by atoms with Gasteiger partial charge in [0.2, 0.25) is 0 Å². The fourth-order valence-electron chi connectivity index (χ4n) is 4.19. The van der Waals surface area contributed by atoms with Gasteiger partial charge in [-0.3, -0.25) is 9.88 Å². The lowest BCUT2D eigenvalue weighted by Crippen LogP contribution is -2.38. The lowest BCUT2D eigenvalue weighted by Gasteiger charge is -2.33. The first kappa shape index (κ1) is 21.4. The molecule has 5 nitrogen and oxygen atoms in total. The Hall–Kier alpha value is -2.79. The van der Waals surface area contributed by atoms with E-state index < -0.39 is 0 Å². The molecule has 0 spiro atoms. The largest absolute Gasteiger partial charge is 0.493 e. The fourth-order valence-corrected chi connectivity index (χ4v) is 4.19. The number of nitrogens with one attached hydrogen (secondary N) is 1. The number of benzene rings is 2. The van der Waals surface area contributed by atoms with E-state index in [-0.39, 0.29) is 0 Å². The van der Waals surface area contributed by atoms with Gasteiger partial charge in [0.15, 0.2) is 11.5 Å². The predicted molar refractivity (Wildman–Crippen MR) is 127 cm³/mol. The van der Waals surface area contributed by atoms with Gasteiger partial charge in [0.25, 0.3) is 0 Å². The average molecular weight is 420 g/mol. The van der Waals surface area contributed by atoms with Crippen LogP contribution in [-0.4, -0.2) is 42.7 Å². The summed E-state index contributed by atoms with van der Waals surface area (Å²) in [6.07, 6.45) is 6.34. The van der Waals surface area contributed by atoms with Gasteiger partial charge in [-0.2, -0.15) is 0 Å². The number of nitrogens with zero attached hydrogens (tertiary/aromatic N) is 2. The number of fused-ring (bicyclic) bond motifs is 1. The first-order valence-electron chi connectivity index (χ1n) is 11.4. The number of ether oxygens (including phenoxy) is 2. The number of hydrogen-bond acceptors (Lipinski definition) is 5. The summed E-state index contributed by atoms with van der Waals surface area (Å²) in [6, 6.07) is 17.2. The van der Waals surface area contributed by atoms with Crippen LogP contribution in [0.5, 0.6) is 11.5 Å². The maximum atomic E-state index is 5.96. The molecule has 5 heteroatoms. The number of unbranched alkanes of at least 4 members (excludes halogenated alkanes) is 1. The second-order valence-corrected chi connectivity index (χ2v) is 8.26. The van der Waals surface area contributed by atoms with E-state index >= 15 is 0 Å². The van der Waals surface area contributed by atoms with Crippen LogP contribution in [0.4, 0.5) is 5.69 Å². The van der Waals surface area contributed by atoms with E-state index in [1.807, 2.05) is 18.3 Å². The minimum Gasteiger partial charge on any atom is -0.493 e. The van der Waals surface area contributed by atoms with E-state index in [0.29, 0.717) is 6.04 Å². The quantitative estimate of drug-likeness (QED) is 0.464. The van der Waals surface area contributed by atoms with E-state index in [2.05, 4.69) is 58.5 Å². The molecule has 0 unspecified atom stereocenters. The number of para-hydroxylation sites is 1. The molecule has 0 bridgehead atoms. The number of aromatic nitrogens is 1. The van der Waals surface area contributed by atoms with Gasteiger partial charge >= 0.3 is 0 Å². The third kappa shape index (κ3) is 5.47. The van der Waals surface area contributed by atoms with Crippen molar-refractivity contribution < 1.29 is 9.47 Å². The molecule has 1 aliphatic heterocycles. The summed E-state index contributed by atoms with van der Waals surface area (Å²) < 4.78 is 11.4. The van der Waals surface area contributed by atoms with Gasteiger partial charge < -0.3 is 14.8 Å². The van der Waals surface area contributed by atoms with E-state index in [0.717, 1.165) is 68.9 Å². The molecule has 1 aliphatic rings. The number of likely N-dealkylation sites (tertiary alicyclic amines) is 1. The summed E-state index contributed by atoms with van der Waals surface area (Å²) in [7, 11) is 1.70. The van der Waals surface area contributed by atoms with Gasteiger partial charge in [-0.15, -0.1) is 0 Å². The van der Waals surface area contributed by atoms with Gasteiger partial charge in [-0.1, -0.05) is 37.6 Å². The van der Waals surface area contributed by atoms with Crippen molar-refractivity contribution in [2.75, 3.05) is 32.1 Å². The van der Waals surface area contributed by atoms with Gasteiger partial charge in [-0.05, 0) is 49.1 Å². The highest BCUT2D eigenvalue weighted by Crippen LogP contribution is 2.30. The van der Waals surface area contributed by atoms with Crippen LogP contribution in [0.25, 0.3) is 10.9 Å². The molecule has 3 aromatic rings. The minimum atomic E-state index is 0.492. The summed E-state index contributed by atoms with van der Waals surface area (Å²) >= 11 is 0. The van der Waals surface area contributed by atoms with Crippen molar-refractivity contribution in [1.82, 2.24) is 9.88 Å². The lowest BCUT2D eigenvalue weighted by atomic mass is 10.0. The maximum absolute atomic E-state index is 5.96. The number of methoxy groups -OCH3 is 1. The van der Waals surface area contributed by atoms with E-state index in [1.54, 1.807) is 7.11 Å². The minimum absolute atomic E-state index is 0.492. The molecule has 1 saturated heterocycles. The molecule has 2 aromatic carbocycles. The SMILES string of the molecule is CCCCOc1cc(CN2CCC(Nc3ccnc4ccccc34)CC2)ccc1OC. The molecule has 1 fully saturated rings. The smallest absolute Gasteiger partial charge is 0.161 e. The maximum Gasteiger partial charge on any atom is 0.161 e. The highest BCUT2D eigenvalue weighted by Gasteiger charge is 2.20. The fraction of sp³-hybridized carbons (Fsp3) is 0.423. The highest BCUT2D eigenvalue weighted by molar-refractivity contribution is 5.90. The number of piperidine rings is 1. The Morgan fingerprint density at radius 3 is 2.71 bits per heavy atom. The zero-order valence-electron chi connectivity index (χ0n) is 18.6. The van der Waals surface area contributed by atoms with Crippen LogP contribution in [0.15, 0.2) is 54.7 Å². The summed E-state index contributed by atoms with van der Waals surface area (Å²) in [4.78, 5) is 7.00. The third-order valence-corrected chi connectivity index (χ3v) is 5.99. The van der Waals surface area contributed by atoms with Gasteiger partial charge in [0, 0.05) is 42.9 Å². The third-order valence-electron chi connectivity index (χ3n) is 5.99. The van der Waals surface area contributed by atoms with Crippen LogP contribution in [0, 0.1) is 0 Å². The number of anilines is 1. The van der Waals surface area contributed by atoms with Crippen LogP contribution in [0.1, 0.15) is 38.2 Å². The molecular weight excluding hydrogens is 386 g/mol. The van der Waals surface area contributed by atoms with Crippen molar-refractivity contribution in [2.24, 2.45) is 0 Å². The summed E-state index contributed by atoms with van der Waals surface area (Å²) in [5, 5.41) is 4.95. The molecular formula is C26H33N3O2. The number of hydrogen-bond donors (Lipinski definition) is 1. The predicted octanol–water partition coefficient (Wildman–Crippen LogP) is 5.50. The molecule has 0 aliphatic carbocycles. The van der Waals surface area contributed by atoms with Crippen LogP contribution < -0.4 is 14.8 Å². The Morgan fingerprint density at radius 2 is 1.90 bits per heavy atom. The zero-order chi connectivity index (χ0) is 21.5. The normalized spacial score (nSPS) is 15.2. The van der Waals surface area contributed by atoms with Crippen LogP contribution >= 0.6 is 0 Å². The van der Waals surface area contributed by atoms with Gasteiger partial charge in [-0.25, -0.2) is 0 Å². The molecule has 1 aromatic heterocycles. The zero-order valence-corrected chi connectivity index (χ0v) is 18.6. The Bertz CT molecular complexity index is 978. The molecule has 0 atom stereocenters. The number of pyridine rings is 1. The van der Waals surface area contributed by atoms with Crippen molar-refractivity contribution in [3.8, 4) is 11.5 Å². The Morgan fingerprint density at radius 1 is 1.06 bits per heavy atom. The summed E-state index contributed by atoms with van der Waals surface area (Å²) in [5.74, 6) is 1.67. The first-order valence-corrected chi connectivity index (χ1v) is 11.4. The molecule has 2 heterocycles.